The predicted octanol–water partition coefficient (Wildman–Crippen LogP) is 11.4. The second-order valence-corrected chi connectivity index (χ2v) is 13.6. The molecule has 2 aromatic heterocycles. The highest BCUT2D eigenvalue weighted by Crippen LogP contribution is 2.56. The largest absolute Gasteiger partial charge is 0.309 e. The monoisotopic (exact) mass is 640 g/mol. The summed E-state index contributed by atoms with van der Waals surface area (Å²) < 4.78 is 2.48. The van der Waals surface area contributed by atoms with Gasteiger partial charge in [-0.3, -0.25) is 0 Å². The summed E-state index contributed by atoms with van der Waals surface area (Å²) in [5.74, 6) is 1.95. The Balaban J connectivity index is 1.28. The first-order valence-corrected chi connectivity index (χ1v) is 17.1. The standard InChI is InChI=1S/C46H32N4/c1-46(2)37-26-13-11-24-35(37)39-33-22-9-10-23-34(33)40-36-25-12-14-27-38(36)50(42(40)41(39)46)32-21-15-20-31(28-32)45-48-43(29-16-5-3-6-17-29)47-44(49-45)30-18-7-4-8-19-30/h3-28H,1-2H3. The van der Waals surface area contributed by atoms with Crippen LogP contribution in [-0.2, 0) is 5.41 Å². The van der Waals surface area contributed by atoms with Gasteiger partial charge < -0.3 is 4.57 Å². The number of rotatable bonds is 4. The van der Waals surface area contributed by atoms with Gasteiger partial charge in [0.2, 0.25) is 0 Å². The Morgan fingerprint density at radius 3 is 1.72 bits per heavy atom. The van der Waals surface area contributed by atoms with E-state index in [-0.39, 0.29) is 5.41 Å². The molecule has 236 valence electrons. The van der Waals surface area contributed by atoms with Gasteiger partial charge in [-0.2, -0.15) is 0 Å². The van der Waals surface area contributed by atoms with E-state index < -0.39 is 0 Å². The van der Waals surface area contributed by atoms with Gasteiger partial charge in [-0.1, -0.05) is 153 Å². The molecule has 0 amide bonds. The lowest BCUT2D eigenvalue weighted by atomic mass is 9.80. The van der Waals surface area contributed by atoms with Gasteiger partial charge in [0, 0.05) is 38.6 Å². The molecule has 0 fully saturated rings. The van der Waals surface area contributed by atoms with Crippen LogP contribution < -0.4 is 0 Å². The van der Waals surface area contributed by atoms with Crippen molar-refractivity contribution in [3.05, 3.63) is 169 Å². The Bertz CT molecular complexity index is 2720. The number of para-hydroxylation sites is 1. The topological polar surface area (TPSA) is 43.6 Å². The first-order valence-electron chi connectivity index (χ1n) is 17.1. The molecule has 0 radical (unpaired) electrons. The fraction of sp³-hybridized carbons (Fsp3) is 0.0652. The zero-order chi connectivity index (χ0) is 33.4. The van der Waals surface area contributed by atoms with Gasteiger partial charge in [0.1, 0.15) is 0 Å². The predicted molar refractivity (Wildman–Crippen MR) is 206 cm³/mol. The van der Waals surface area contributed by atoms with Gasteiger partial charge in [-0.25, -0.2) is 15.0 Å². The molecule has 7 aromatic carbocycles. The van der Waals surface area contributed by atoms with E-state index in [0.717, 1.165) is 22.4 Å². The van der Waals surface area contributed by atoms with Crippen molar-refractivity contribution in [3.63, 3.8) is 0 Å². The first kappa shape index (κ1) is 28.6. The minimum atomic E-state index is -0.207. The smallest absolute Gasteiger partial charge is 0.164 e. The molecule has 0 saturated heterocycles. The number of benzene rings is 7. The molecule has 0 unspecified atom stereocenters. The van der Waals surface area contributed by atoms with Crippen LogP contribution in [0.1, 0.15) is 25.0 Å². The van der Waals surface area contributed by atoms with E-state index in [1.54, 1.807) is 0 Å². The molecule has 50 heavy (non-hydrogen) atoms. The van der Waals surface area contributed by atoms with Gasteiger partial charge in [-0.05, 0) is 51.2 Å². The maximum absolute atomic E-state index is 5.06. The lowest BCUT2D eigenvalue weighted by Gasteiger charge is -2.24. The number of aromatic nitrogens is 4. The Kier molecular flexibility index (Phi) is 6.19. The van der Waals surface area contributed by atoms with E-state index in [9.17, 15) is 0 Å². The molecule has 0 N–H and O–H groups in total. The minimum absolute atomic E-state index is 0.207. The molecule has 9 aromatic rings. The maximum atomic E-state index is 5.06. The lowest BCUT2D eigenvalue weighted by molar-refractivity contribution is 0.664. The summed E-state index contributed by atoms with van der Waals surface area (Å²) >= 11 is 0. The van der Waals surface area contributed by atoms with Gasteiger partial charge in [-0.15, -0.1) is 0 Å². The van der Waals surface area contributed by atoms with E-state index in [0.29, 0.717) is 17.5 Å². The van der Waals surface area contributed by atoms with Crippen LogP contribution in [0.2, 0.25) is 0 Å². The van der Waals surface area contributed by atoms with E-state index in [1.807, 2.05) is 60.7 Å². The van der Waals surface area contributed by atoms with Crippen molar-refractivity contribution in [3.8, 4) is 51.0 Å². The summed E-state index contributed by atoms with van der Waals surface area (Å²) in [4.78, 5) is 15.1. The summed E-state index contributed by atoms with van der Waals surface area (Å²) in [5, 5.41) is 5.12. The van der Waals surface area contributed by atoms with Crippen molar-refractivity contribution >= 4 is 32.6 Å². The molecule has 10 rings (SSSR count). The lowest BCUT2D eigenvalue weighted by Crippen LogP contribution is -2.16. The van der Waals surface area contributed by atoms with Crippen molar-refractivity contribution in [1.82, 2.24) is 19.5 Å². The second-order valence-electron chi connectivity index (χ2n) is 13.6. The molecule has 2 heterocycles. The van der Waals surface area contributed by atoms with Gasteiger partial charge in [0.05, 0.1) is 11.0 Å². The van der Waals surface area contributed by atoms with Crippen LogP contribution in [0.5, 0.6) is 0 Å². The van der Waals surface area contributed by atoms with E-state index >= 15 is 0 Å². The number of nitrogens with zero attached hydrogens (tertiary/aromatic N) is 4. The van der Waals surface area contributed by atoms with Crippen LogP contribution in [-0.4, -0.2) is 19.5 Å². The molecule has 1 aliphatic rings. The molecule has 0 saturated carbocycles. The Morgan fingerprint density at radius 2 is 1.02 bits per heavy atom. The molecular formula is C46H32N4. The van der Waals surface area contributed by atoms with Crippen molar-refractivity contribution in [2.75, 3.05) is 0 Å². The quantitative estimate of drug-likeness (QED) is 0.192. The minimum Gasteiger partial charge on any atom is -0.309 e. The third-order valence-corrected chi connectivity index (χ3v) is 10.4. The average Bonchev–Trinajstić information content (AvgIpc) is 3.65. The summed E-state index contributed by atoms with van der Waals surface area (Å²) in [7, 11) is 0. The fourth-order valence-corrected chi connectivity index (χ4v) is 8.18. The average molecular weight is 641 g/mol. The fourth-order valence-electron chi connectivity index (χ4n) is 8.18. The molecule has 0 bridgehead atoms. The second kappa shape index (κ2) is 10.8. The molecule has 0 aliphatic heterocycles. The van der Waals surface area contributed by atoms with Crippen LogP contribution >= 0.6 is 0 Å². The Hall–Kier alpha value is -6.39. The summed E-state index contributed by atoms with van der Waals surface area (Å²) in [6.07, 6.45) is 0. The molecule has 0 spiro atoms. The molecule has 4 nitrogen and oxygen atoms in total. The van der Waals surface area contributed by atoms with Crippen LogP contribution in [0.3, 0.4) is 0 Å². The molecule has 0 atom stereocenters. The summed E-state index contributed by atoms with van der Waals surface area (Å²) in [5.41, 5.74) is 11.5. The number of fused-ring (bicyclic) bond motifs is 10. The van der Waals surface area contributed by atoms with Gasteiger partial charge in [0.15, 0.2) is 17.5 Å². The van der Waals surface area contributed by atoms with Crippen LogP contribution in [0.4, 0.5) is 0 Å². The van der Waals surface area contributed by atoms with Crippen LogP contribution in [0, 0.1) is 0 Å². The highest BCUT2D eigenvalue weighted by molar-refractivity contribution is 6.27. The van der Waals surface area contributed by atoms with Crippen LogP contribution in [0.25, 0.3) is 83.6 Å². The van der Waals surface area contributed by atoms with Gasteiger partial charge >= 0.3 is 0 Å². The normalized spacial score (nSPS) is 13.2. The molecular weight excluding hydrogens is 609 g/mol. The SMILES string of the molecule is CC1(C)c2ccccc2-c2c1c1c(c3ccccc23)c2ccccc2n1-c1cccc(-c2nc(-c3ccccc3)nc(-c3ccccc3)n2)c1. The zero-order valence-electron chi connectivity index (χ0n) is 27.8. The third-order valence-electron chi connectivity index (χ3n) is 10.4. The zero-order valence-corrected chi connectivity index (χ0v) is 27.8. The summed E-state index contributed by atoms with van der Waals surface area (Å²) in [6.45, 7) is 4.76. The highest BCUT2D eigenvalue weighted by atomic mass is 15.0. The third kappa shape index (κ3) is 4.15. The Labute approximate surface area is 290 Å². The maximum Gasteiger partial charge on any atom is 0.164 e. The highest BCUT2D eigenvalue weighted by Gasteiger charge is 2.40. The van der Waals surface area contributed by atoms with Gasteiger partial charge in [0.25, 0.3) is 0 Å². The first-order chi connectivity index (χ1) is 24.6. The molecule has 4 heteroatoms. The van der Waals surface area contributed by atoms with Crippen molar-refractivity contribution in [2.24, 2.45) is 0 Å². The van der Waals surface area contributed by atoms with E-state index in [2.05, 4.69) is 115 Å². The van der Waals surface area contributed by atoms with Crippen molar-refractivity contribution in [1.29, 1.82) is 0 Å². The van der Waals surface area contributed by atoms with E-state index in [1.165, 1.54) is 54.8 Å². The molecule has 1 aliphatic carbocycles. The number of hydrogen-bond donors (Lipinski definition) is 0. The van der Waals surface area contributed by atoms with Crippen molar-refractivity contribution in [2.45, 2.75) is 19.3 Å². The van der Waals surface area contributed by atoms with E-state index in [4.69, 9.17) is 15.0 Å². The van der Waals surface area contributed by atoms with Crippen molar-refractivity contribution < 1.29 is 0 Å². The Morgan fingerprint density at radius 1 is 0.480 bits per heavy atom. The number of hydrogen-bond acceptors (Lipinski definition) is 3. The van der Waals surface area contributed by atoms with Crippen LogP contribution in [0.15, 0.2) is 158 Å². The summed E-state index contributed by atoms with van der Waals surface area (Å²) in [6, 6.07) is 55.7.